The van der Waals surface area contributed by atoms with Crippen molar-refractivity contribution in [1.82, 2.24) is 20.6 Å². The number of fused-ring (bicyclic) bond motifs is 2. The van der Waals surface area contributed by atoms with Gasteiger partial charge in [0.15, 0.2) is 11.4 Å². The number of nitrogens with zero attached hydrogens (tertiary/aromatic N) is 2. The third-order valence-electron chi connectivity index (χ3n) is 11.9. The average Bonchev–Trinajstić information content (AvgIpc) is 3.89. The van der Waals surface area contributed by atoms with Crippen LogP contribution in [0.3, 0.4) is 0 Å². The smallest absolute Gasteiger partial charge is 0.272 e. The Hall–Kier alpha value is -6.74. The van der Waals surface area contributed by atoms with Crippen LogP contribution in [0.2, 0.25) is 0 Å². The number of carbonyl (C=O) groups is 4. The Kier molecular flexibility index (Phi) is 15.6. The first kappa shape index (κ1) is 45.8. The van der Waals surface area contributed by atoms with Crippen LogP contribution in [0.25, 0.3) is 21.5 Å². The van der Waals surface area contributed by atoms with Crippen molar-refractivity contribution in [3.63, 3.8) is 0 Å². The number of pyridine rings is 2. The Morgan fingerprint density at radius 2 is 1.00 bits per heavy atom. The van der Waals surface area contributed by atoms with E-state index in [0.29, 0.717) is 59.2 Å². The van der Waals surface area contributed by atoms with Crippen molar-refractivity contribution >= 4 is 72.5 Å². The number of amides is 4. The van der Waals surface area contributed by atoms with Gasteiger partial charge in [0.1, 0.15) is 5.76 Å². The van der Waals surface area contributed by atoms with Crippen molar-refractivity contribution in [3.8, 4) is 0 Å². The molecule has 3 aromatic heterocycles. The summed E-state index contributed by atoms with van der Waals surface area (Å²) in [6.07, 6.45) is 9.12. The third kappa shape index (κ3) is 11.4. The predicted octanol–water partition coefficient (Wildman–Crippen LogP) is 9.37. The van der Waals surface area contributed by atoms with E-state index in [1.54, 1.807) is 42.9 Å². The SMILES string of the molecule is O=C(NCC1CCOCC1)c1ncccc1NC(=O)c1ccc(CBr)c2ccccc12.O=C(NCC1CCOCC1)c1ncccc1NC(=O)c1ccc(Cc2ccco2)c2ccccc12. The number of hydrogen-bond acceptors (Lipinski definition) is 9. The maximum Gasteiger partial charge on any atom is 0.272 e. The van der Waals surface area contributed by atoms with Gasteiger partial charge in [-0.05, 0) is 119 Å². The Bertz CT molecular complexity index is 2800. The molecule has 0 atom stereocenters. The Morgan fingerprint density at radius 3 is 1.47 bits per heavy atom. The molecule has 13 nitrogen and oxygen atoms in total. The van der Waals surface area contributed by atoms with Gasteiger partial charge in [0.25, 0.3) is 23.6 Å². The number of rotatable bonds is 13. The number of benzene rings is 4. The first-order valence-electron chi connectivity index (χ1n) is 22.2. The van der Waals surface area contributed by atoms with Crippen LogP contribution < -0.4 is 21.3 Å². The zero-order chi connectivity index (χ0) is 45.7. The molecular formula is C52H51BrN6O7. The van der Waals surface area contributed by atoms with Gasteiger partial charge in [-0.2, -0.15) is 0 Å². The van der Waals surface area contributed by atoms with E-state index in [-0.39, 0.29) is 35.0 Å². The van der Waals surface area contributed by atoms with Gasteiger partial charge in [0.2, 0.25) is 0 Å². The number of furan rings is 1. The third-order valence-corrected chi connectivity index (χ3v) is 12.5. The summed E-state index contributed by atoms with van der Waals surface area (Å²) in [5, 5.41) is 16.1. The number of ether oxygens (including phenoxy) is 2. The van der Waals surface area contributed by atoms with Crippen LogP contribution in [0, 0.1) is 11.8 Å². The topological polar surface area (TPSA) is 174 Å². The zero-order valence-electron chi connectivity index (χ0n) is 36.4. The minimum Gasteiger partial charge on any atom is -0.469 e. The first-order chi connectivity index (χ1) is 32.4. The number of alkyl halides is 1. The lowest BCUT2D eigenvalue weighted by Gasteiger charge is -2.22. The average molecular weight is 952 g/mol. The van der Waals surface area contributed by atoms with E-state index < -0.39 is 0 Å². The molecule has 338 valence electrons. The van der Waals surface area contributed by atoms with Crippen molar-refractivity contribution in [3.05, 3.63) is 167 Å². The summed E-state index contributed by atoms with van der Waals surface area (Å²) in [7, 11) is 0. The molecule has 4 aromatic carbocycles. The van der Waals surface area contributed by atoms with E-state index in [1.807, 2.05) is 84.9 Å². The summed E-state index contributed by atoms with van der Waals surface area (Å²) in [6, 6.07) is 33.7. The molecule has 5 heterocycles. The van der Waals surface area contributed by atoms with Gasteiger partial charge >= 0.3 is 0 Å². The molecule has 2 aliphatic rings. The lowest BCUT2D eigenvalue weighted by molar-refractivity contribution is 0.0642. The molecule has 0 bridgehead atoms. The summed E-state index contributed by atoms with van der Waals surface area (Å²) in [4.78, 5) is 60.5. The fourth-order valence-electron chi connectivity index (χ4n) is 8.29. The molecule has 0 saturated carbocycles. The highest BCUT2D eigenvalue weighted by molar-refractivity contribution is 9.08. The largest absolute Gasteiger partial charge is 0.469 e. The van der Waals surface area contributed by atoms with E-state index in [4.69, 9.17) is 13.9 Å². The minimum absolute atomic E-state index is 0.201. The van der Waals surface area contributed by atoms with Crippen LogP contribution in [0.5, 0.6) is 0 Å². The number of halogens is 1. The molecule has 2 saturated heterocycles. The van der Waals surface area contributed by atoms with E-state index >= 15 is 0 Å². The summed E-state index contributed by atoms with van der Waals surface area (Å²) in [5.41, 5.74) is 4.45. The highest BCUT2D eigenvalue weighted by Crippen LogP contribution is 2.28. The van der Waals surface area contributed by atoms with Gasteiger partial charge in [-0.15, -0.1) is 0 Å². The van der Waals surface area contributed by atoms with Crippen molar-refractivity contribution in [2.45, 2.75) is 37.4 Å². The molecule has 4 N–H and O–H groups in total. The van der Waals surface area contributed by atoms with Gasteiger partial charge < -0.3 is 35.2 Å². The van der Waals surface area contributed by atoms with Crippen molar-refractivity contribution in [2.75, 3.05) is 50.2 Å². The molecule has 14 heteroatoms. The van der Waals surface area contributed by atoms with Gasteiger partial charge in [-0.1, -0.05) is 76.6 Å². The van der Waals surface area contributed by atoms with Crippen LogP contribution in [0.1, 0.15) is 84.3 Å². The molecule has 0 radical (unpaired) electrons. The van der Waals surface area contributed by atoms with E-state index in [1.165, 1.54) is 0 Å². The maximum atomic E-state index is 13.3. The van der Waals surface area contributed by atoms with E-state index in [2.05, 4.69) is 47.2 Å². The van der Waals surface area contributed by atoms with Gasteiger partial charge in [0, 0.05) is 74.8 Å². The molecule has 4 amide bonds. The molecule has 2 fully saturated rings. The zero-order valence-corrected chi connectivity index (χ0v) is 38.0. The summed E-state index contributed by atoms with van der Waals surface area (Å²) >= 11 is 3.50. The van der Waals surface area contributed by atoms with Crippen LogP contribution in [0.15, 0.2) is 132 Å². The normalized spacial score (nSPS) is 14.2. The summed E-state index contributed by atoms with van der Waals surface area (Å²) in [5.74, 6) is 0.493. The van der Waals surface area contributed by atoms with Crippen LogP contribution in [-0.2, 0) is 21.2 Å². The quantitative estimate of drug-likeness (QED) is 0.0822. The summed E-state index contributed by atoms with van der Waals surface area (Å²) in [6.45, 7) is 4.04. The minimum atomic E-state index is -0.300. The Balaban J connectivity index is 0.000000181. The molecular weight excluding hydrogens is 901 g/mol. The molecule has 0 unspecified atom stereocenters. The number of nitrogens with one attached hydrogen (secondary N) is 4. The molecule has 0 spiro atoms. The number of anilines is 2. The highest BCUT2D eigenvalue weighted by Gasteiger charge is 2.22. The molecule has 66 heavy (non-hydrogen) atoms. The van der Waals surface area contributed by atoms with Crippen molar-refractivity contribution in [1.29, 1.82) is 0 Å². The van der Waals surface area contributed by atoms with Gasteiger partial charge in [0.05, 0.1) is 17.6 Å². The van der Waals surface area contributed by atoms with Crippen LogP contribution in [0.4, 0.5) is 11.4 Å². The Labute approximate surface area is 391 Å². The predicted molar refractivity (Wildman–Crippen MR) is 258 cm³/mol. The number of aromatic nitrogens is 2. The second-order valence-corrected chi connectivity index (χ2v) is 16.8. The lowest BCUT2D eigenvalue weighted by Crippen LogP contribution is -2.33. The molecule has 0 aliphatic carbocycles. The molecule has 2 aliphatic heterocycles. The summed E-state index contributed by atoms with van der Waals surface area (Å²) < 4.78 is 16.3. The Morgan fingerprint density at radius 1 is 0.530 bits per heavy atom. The first-order valence-corrected chi connectivity index (χ1v) is 23.3. The fraction of sp³-hybridized carbons (Fsp3) is 0.269. The van der Waals surface area contributed by atoms with E-state index in [0.717, 1.165) is 90.5 Å². The fourth-order valence-corrected chi connectivity index (χ4v) is 8.78. The van der Waals surface area contributed by atoms with Crippen LogP contribution in [-0.4, -0.2) is 73.1 Å². The maximum absolute atomic E-state index is 13.3. The van der Waals surface area contributed by atoms with Crippen molar-refractivity contribution < 1.29 is 33.1 Å². The molecule has 7 aromatic rings. The monoisotopic (exact) mass is 950 g/mol. The van der Waals surface area contributed by atoms with Gasteiger partial charge in [-0.3, -0.25) is 19.2 Å². The number of carbonyl (C=O) groups excluding carboxylic acids is 4. The lowest BCUT2D eigenvalue weighted by atomic mass is 9.96. The highest BCUT2D eigenvalue weighted by atomic mass is 79.9. The molecule has 9 rings (SSSR count). The van der Waals surface area contributed by atoms with Gasteiger partial charge in [-0.25, -0.2) is 9.97 Å². The van der Waals surface area contributed by atoms with Crippen LogP contribution >= 0.6 is 15.9 Å². The van der Waals surface area contributed by atoms with Crippen molar-refractivity contribution in [2.24, 2.45) is 11.8 Å². The second kappa shape index (κ2) is 22.4. The van der Waals surface area contributed by atoms with E-state index in [9.17, 15) is 19.2 Å². The second-order valence-electron chi connectivity index (χ2n) is 16.3. The number of hydrogen-bond donors (Lipinski definition) is 4. The standard InChI is InChI=1S/C28H27N3O4.C24H24BrN3O3/c32-27(24-10-9-20(17-21-5-4-14-35-21)22-6-1-2-7-23(22)24)31-25-8-3-13-29-26(25)28(33)30-18-19-11-15-34-16-12-19;25-14-17-7-8-20(19-5-2-1-4-18(17)19)23(29)28-21-6-3-11-26-22(21)24(30)27-15-16-9-12-31-13-10-16/h1-10,13-14,19H,11-12,15-18H2,(H,30,33)(H,31,32);1-8,11,16H,9-10,12-15H2,(H,27,30)(H,28,29).